The molecule has 1 atom stereocenters. The quantitative estimate of drug-likeness (QED) is 0.737. The highest BCUT2D eigenvalue weighted by molar-refractivity contribution is 5.99. The first kappa shape index (κ1) is 14.9. The average molecular weight is 324 g/mol. The highest BCUT2D eigenvalue weighted by Gasteiger charge is 2.31. The minimum absolute atomic E-state index is 0.00878. The first-order chi connectivity index (χ1) is 11.6. The summed E-state index contributed by atoms with van der Waals surface area (Å²) < 4.78 is 3.58. The van der Waals surface area contributed by atoms with Crippen molar-refractivity contribution in [1.29, 1.82) is 0 Å². The van der Waals surface area contributed by atoms with Gasteiger partial charge in [-0.05, 0) is 38.3 Å². The van der Waals surface area contributed by atoms with Gasteiger partial charge in [-0.2, -0.15) is 10.2 Å². The van der Waals surface area contributed by atoms with E-state index in [1.165, 1.54) is 0 Å². The van der Waals surface area contributed by atoms with Crippen LogP contribution in [0.3, 0.4) is 0 Å². The maximum atomic E-state index is 13.0. The number of likely N-dealkylation sites (tertiary alicyclic amines) is 1. The zero-order chi connectivity index (χ0) is 16.7. The van der Waals surface area contributed by atoms with Crippen LogP contribution in [0.2, 0.25) is 0 Å². The summed E-state index contributed by atoms with van der Waals surface area (Å²) in [6, 6.07) is 2.05. The van der Waals surface area contributed by atoms with E-state index in [9.17, 15) is 4.79 Å². The molecule has 0 bridgehead atoms. The summed E-state index contributed by atoms with van der Waals surface area (Å²) in [5.74, 6) is 0.00878. The number of aryl methyl sites for hydroxylation is 2. The second kappa shape index (κ2) is 5.74. The fraction of sp³-hybridized carbons (Fsp3) is 0.412. The van der Waals surface area contributed by atoms with E-state index in [2.05, 4.69) is 15.2 Å². The second-order valence-corrected chi connectivity index (χ2v) is 6.43. The van der Waals surface area contributed by atoms with Crippen LogP contribution in [0, 0.1) is 13.8 Å². The fourth-order valence-corrected chi connectivity index (χ4v) is 3.34. The van der Waals surface area contributed by atoms with Crippen LogP contribution < -0.4 is 0 Å². The van der Waals surface area contributed by atoms with E-state index in [1.54, 1.807) is 10.7 Å². The maximum absolute atomic E-state index is 13.0. The largest absolute Gasteiger partial charge is 0.334 e. The Balaban J connectivity index is 1.61. The number of hydrogen-bond donors (Lipinski definition) is 0. The van der Waals surface area contributed by atoms with E-state index in [0.717, 1.165) is 37.2 Å². The Bertz CT molecular complexity index is 896. The smallest absolute Gasteiger partial charge is 0.259 e. The van der Waals surface area contributed by atoms with Gasteiger partial charge >= 0.3 is 0 Å². The van der Waals surface area contributed by atoms with Crippen molar-refractivity contribution in [3.63, 3.8) is 0 Å². The summed E-state index contributed by atoms with van der Waals surface area (Å²) in [7, 11) is 0. The highest BCUT2D eigenvalue weighted by Crippen LogP contribution is 2.23. The Morgan fingerprint density at radius 3 is 2.96 bits per heavy atom. The van der Waals surface area contributed by atoms with Crippen molar-refractivity contribution < 1.29 is 4.79 Å². The van der Waals surface area contributed by atoms with Crippen molar-refractivity contribution in [3.8, 4) is 0 Å². The molecule has 24 heavy (non-hydrogen) atoms. The lowest BCUT2D eigenvalue weighted by Gasteiger charge is -2.24. The minimum Gasteiger partial charge on any atom is -0.334 e. The van der Waals surface area contributed by atoms with Crippen LogP contribution in [0.15, 0.2) is 30.9 Å². The maximum Gasteiger partial charge on any atom is 0.259 e. The van der Waals surface area contributed by atoms with Crippen LogP contribution >= 0.6 is 0 Å². The first-order valence-electron chi connectivity index (χ1n) is 8.23. The molecule has 7 heteroatoms. The molecule has 0 N–H and O–H groups in total. The Morgan fingerprint density at radius 2 is 2.17 bits per heavy atom. The third-order valence-corrected chi connectivity index (χ3v) is 4.54. The van der Waals surface area contributed by atoms with E-state index in [1.807, 2.05) is 48.1 Å². The Kier molecular flexibility index (Phi) is 3.55. The van der Waals surface area contributed by atoms with Gasteiger partial charge in [-0.3, -0.25) is 9.48 Å². The molecule has 0 saturated carbocycles. The number of hydrogen-bond acceptors (Lipinski definition) is 4. The molecule has 124 valence electrons. The summed E-state index contributed by atoms with van der Waals surface area (Å²) in [6.45, 7) is 5.44. The van der Waals surface area contributed by atoms with Crippen LogP contribution in [-0.4, -0.2) is 47.8 Å². The van der Waals surface area contributed by atoms with E-state index >= 15 is 0 Å². The van der Waals surface area contributed by atoms with Gasteiger partial charge in [0.2, 0.25) is 0 Å². The number of carbonyl (C=O) groups excluding carboxylic acids is 1. The molecule has 1 unspecified atom stereocenters. The number of carbonyl (C=O) groups is 1. The van der Waals surface area contributed by atoms with Gasteiger partial charge in [0.05, 0.1) is 25.0 Å². The summed E-state index contributed by atoms with van der Waals surface area (Å²) in [4.78, 5) is 19.5. The van der Waals surface area contributed by atoms with Gasteiger partial charge in [-0.25, -0.2) is 9.50 Å². The van der Waals surface area contributed by atoms with Gasteiger partial charge in [-0.1, -0.05) is 0 Å². The SMILES string of the molecule is Cc1cnn(CC2CCCN2C(=O)c2cnn3ccc(C)nc23)c1. The van der Waals surface area contributed by atoms with Crippen molar-refractivity contribution in [2.75, 3.05) is 6.54 Å². The normalized spacial score (nSPS) is 17.8. The third-order valence-electron chi connectivity index (χ3n) is 4.54. The van der Waals surface area contributed by atoms with Crippen molar-refractivity contribution in [1.82, 2.24) is 29.3 Å². The van der Waals surface area contributed by atoms with Crippen LogP contribution in [0.4, 0.5) is 0 Å². The van der Waals surface area contributed by atoms with Crippen LogP contribution in [-0.2, 0) is 6.54 Å². The lowest BCUT2D eigenvalue weighted by Crippen LogP contribution is -2.38. The minimum atomic E-state index is 0.00878. The standard InChI is InChI=1S/C17H20N6O/c1-12-8-18-21(10-12)11-14-4-3-6-22(14)17(24)15-9-19-23-7-5-13(2)20-16(15)23/h5,7-10,14H,3-4,6,11H2,1-2H3. The van der Waals surface area contributed by atoms with Gasteiger partial charge in [0.25, 0.3) is 5.91 Å². The van der Waals surface area contributed by atoms with E-state index < -0.39 is 0 Å². The predicted molar refractivity (Wildman–Crippen MR) is 88.7 cm³/mol. The molecule has 1 fully saturated rings. The Morgan fingerprint density at radius 1 is 1.29 bits per heavy atom. The lowest BCUT2D eigenvalue weighted by molar-refractivity contribution is 0.0723. The molecule has 1 aliphatic rings. The topological polar surface area (TPSA) is 68.3 Å². The number of amides is 1. The van der Waals surface area contributed by atoms with E-state index in [4.69, 9.17) is 0 Å². The zero-order valence-electron chi connectivity index (χ0n) is 13.9. The molecule has 7 nitrogen and oxygen atoms in total. The van der Waals surface area contributed by atoms with Crippen LogP contribution in [0.1, 0.15) is 34.5 Å². The highest BCUT2D eigenvalue weighted by atomic mass is 16.2. The molecular formula is C17H20N6O. The van der Waals surface area contributed by atoms with Crippen molar-refractivity contribution in [2.24, 2.45) is 0 Å². The van der Waals surface area contributed by atoms with Crippen LogP contribution in [0.25, 0.3) is 5.65 Å². The second-order valence-electron chi connectivity index (χ2n) is 6.43. The van der Waals surface area contributed by atoms with Crippen LogP contribution in [0.5, 0.6) is 0 Å². The molecule has 0 aliphatic carbocycles. The monoisotopic (exact) mass is 324 g/mol. The summed E-state index contributed by atoms with van der Waals surface area (Å²) in [5.41, 5.74) is 3.21. The molecule has 4 rings (SSSR count). The van der Waals surface area contributed by atoms with Gasteiger partial charge in [0.1, 0.15) is 5.56 Å². The molecule has 1 aliphatic heterocycles. The predicted octanol–water partition coefficient (Wildman–Crippen LogP) is 1.85. The third kappa shape index (κ3) is 2.55. The number of fused-ring (bicyclic) bond motifs is 1. The molecule has 0 aromatic carbocycles. The molecule has 4 heterocycles. The zero-order valence-corrected chi connectivity index (χ0v) is 13.9. The Labute approximate surface area is 139 Å². The first-order valence-corrected chi connectivity index (χ1v) is 8.23. The van der Waals surface area contributed by atoms with Gasteiger partial charge in [0, 0.05) is 24.6 Å². The molecule has 1 saturated heterocycles. The van der Waals surface area contributed by atoms with E-state index in [0.29, 0.717) is 11.2 Å². The van der Waals surface area contributed by atoms with Crippen molar-refractivity contribution in [3.05, 3.63) is 47.7 Å². The molecule has 1 amide bonds. The number of aromatic nitrogens is 5. The number of nitrogens with zero attached hydrogens (tertiary/aromatic N) is 6. The number of rotatable bonds is 3. The van der Waals surface area contributed by atoms with Gasteiger partial charge < -0.3 is 4.90 Å². The fourth-order valence-electron chi connectivity index (χ4n) is 3.34. The lowest BCUT2D eigenvalue weighted by atomic mass is 10.2. The summed E-state index contributed by atoms with van der Waals surface area (Å²) >= 11 is 0. The Hall–Kier alpha value is -2.70. The molecule has 3 aromatic heterocycles. The van der Waals surface area contributed by atoms with Gasteiger partial charge in [-0.15, -0.1) is 0 Å². The summed E-state index contributed by atoms with van der Waals surface area (Å²) in [6.07, 6.45) is 9.33. The van der Waals surface area contributed by atoms with Gasteiger partial charge in [0.15, 0.2) is 5.65 Å². The van der Waals surface area contributed by atoms with Crippen molar-refractivity contribution in [2.45, 2.75) is 39.3 Å². The molecule has 0 radical (unpaired) electrons. The molecule has 0 spiro atoms. The van der Waals surface area contributed by atoms with E-state index in [-0.39, 0.29) is 11.9 Å². The average Bonchev–Trinajstić information content (AvgIpc) is 3.27. The van der Waals surface area contributed by atoms with Crippen molar-refractivity contribution >= 4 is 11.6 Å². The molecule has 3 aromatic rings. The molecular weight excluding hydrogens is 304 g/mol. The summed E-state index contributed by atoms with van der Waals surface area (Å²) in [5, 5.41) is 8.60.